The second-order valence-corrected chi connectivity index (χ2v) is 12.3. The fraction of sp³-hybridized carbons (Fsp3) is 0.462. The molecule has 2 saturated heterocycles. The number of esters is 1. The molecule has 1 atom stereocenters. The maximum Gasteiger partial charge on any atom is 0.511 e. The highest BCUT2D eigenvalue weighted by molar-refractivity contribution is 7.90. The number of benzene rings is 2. The summed E-state index contributed by atoms with van der Waals surface area (Å²) in [5.74, 6) is -0.477. The standard InChI is InChI=1S/C26H28F3N3O5S/c1-24(2,23(34)31-12-11-25(17-31)21-6-4-3-5-20(21)22(33)37-25)18-7-9-19(10-8-18)30-13-15-32(16-14-30)38(35,36)26(27,28)29/h3-10H,11-17H2,1-2H3/t25-/m0/s1. The van der Waals surface area contributed by atoms with E-state index in [4.69, 9.17) is 4.74 Å². The Kier molecular flexibility index (Phi) is 6.26. The van der Waals surface area contributed by atoms with Gasteiger partial charge in [-0.25, -0.2) is 13.2 Å². The summed E-state index contributed by atoms with van der Waals surface area (Å²) < 4.78 is 68.1. The molecule has 2 fully saturated rings. The number of sulfonamides is 1. The van der Waals surface area contributed by atoms with E-state index in [2.05, 4.69) is 0 Å². The molecule has 204 valence electrons. The normalized spacial score (nSPS) is 22.6. The molecule has 38 heavy (non-hydrogen) atoms. The molecule has 1 amide bonds. The third-order valence-corrected chi connectivity index (χ3v) is 9.43. The molecule has 3 heterocycles. The summed E-state index contributed by atoms with van der Waals surface area (Å²) in [4.78, 5) is 29.5. The molecule has 12 heteroatoms. The van der Waals surface area contributed by atoms with Crippen LogP contribution in [-0.4, -0.2) is 74.3 Å². The fourth-order valence-corrected chi connectivity index (χ4v) is 6.48. The molecule has 0 aromatic heterocycles. The number of carbonyl (C=O) groups excluding carboxylic acids is 2. The van der Waals surface area contributed by atoms with E-state index in [1.165, 1.54) is 0 Å². The van der Waals surface area contributed by atoms with E-state index in [-0.39, 0.29) is 44.6 Å². The quantitative estimate of drug-likeness (QED) is 0.543. The highest BCUT2D eigenvalue weighted by atomic mass is 32.2. The van der Waals surface area contributed by atoms with Gasteiger partial charge in [0.1, 0.15) is 0 Å². The molecule has 3 aliphatic rings. The van der Waals surface area contributed by atoms with E-state index in [1.807, 2.05) is 43.0 Å². The molecule has 1 spiro atoms. The first-order valence-corrected chi connectivity index (χ1v) is 13.7. The number of anilines is 1. The Bertz CT molecular complexity index is 1370. The molecular weight excluding hydrogens is 523 g/mol. The minimum atomic E-state index is -5.34. The van der Waals surface area contributed by atoms with Gasteiger partial charge in [-0.2, -0.15) is 17.5 Å². The van der Waals surface area contributed by atoms with Crippen LogP contribution in [-0.2, 0) is 30.6 Å². The van der Waals surface area contributed by atoms with Crippen molar-refractivity contribution in [2.24, 2.45) is 0 Å². The number of rotatable bonds is 4. The van der Waals surface area contributed by atoms with Crippen LogP contribution in [0.4, 0.5) is 18.9 Å². The van der Waals surface area contributed by atoms with E-state index in [0.29, 0.717) is 22.8 Å². The predicted molar refractivity (Wildman–Crippen MR) is 133 cm³/mol. The van der Waals surface area contributed by atoms with Crippen molar-refractivity contribution >= 4 is 27.6 Å². The number of halogens is 3. The second kappa shape index (κ2) is 8.98. The van der Waals surface area contributed by atoms with Crippen molar-refractivity contribution in [1.82, 2.24) is 9.21 Å². The second-order valence-electron chi connectivity index (χ2n) is 10.4. The zero-order chi connectivity index (χ0) is 27.5. The van der Waals surface area contributed by atoms with Gasteiger partial charge in [-0.3, -0.25) is 4.79 Å². The number of alkyl halides is 3. The maximum atomic E-state index is 13.6. The van der Waals surface area contributed by atoms with Crippen LogP contribution >= 0.6 is 0 Å². The largest absolute Gasteiger partial charge is 0.511 e. The first-order valence-electron chi connectivity index (χ1n) is 12.3. The van der Waals surface area contributed by atoms with Crippen LogP contribution in [0.5, 0.6) is 0 Å². The van der Waals surface area contributed by atoms with Crippen molar-refractivity contribution in [3.05, 3.63) is 65.2 Å². The van der Waals surface area contributed by atoms with Crippen molar-refractivity contribution in [2.45, 2.75) is 36.8 Å². The lowest BCUT2D eigenvalue weighted by atomic mass is 9.83. The summed E-state index contributed by atoms with van der Waals surface area (Å²) in [6.45, 7) is 4.08. The molecular formula is C26H28F3N3O5S. The van der Waals surface area contributed by atoms with Gasteiger partial charge in [0.25, 0.3) is 0 Å². The average molecular weight is 552 g/mol. The number of fused-ring (bicyclic) bond motifs is 2. The number of hydrogen-bond acceptors (Lipinski definition) is 6. The lowest BCUT2D eigenvalue weighted by Crippen LogP contribution is -2.52. The van der Waals surface area contributed by atoms with Gasteiger partial charge in [0.05, 0.1) is 17.5 Å². The number of nitrogens with zero attached hydrogens (tertiary/aromatic N) is 3. The van der Waals surface area contributed by atoms with Crippen LogP contribution in [0.15, 0.2) is 48.5 Å². The lowest BCUT2D eigenvalue weighted by molar-refractivity contribution is -0.136. The first-order chi connectivity index (χ1) is 17.8. The predicted octanol–water partition coefficient (Wildman–Crippen LogP) is 3.23. The number of ether oxygens (including phenoxy) is 1. The monoisotopic (exact) mass is 551 g/mol. The maximum absolute atomic E-state index is 13.6. The SMILES string of the molecule is CC(C)(C(=O)N1CC[C@@]2(C1)OC(=O)c1ccccc12)c1ccc(N2CCN(S(=O)(=O)C(F)(F)F)CC2)cc1. The number of carbonyl (C=O) groups is 2. The Labute approximate surface area is 219 Å². The van der Waals surface area contributed by atoms with Gasteiger partial charge in [0.15, 0.2) is 5.60 Å². The van der Waals surface area contributed by atoms with Crippen molar-refractivity contribution in [3.63, 3.8) is 0 Å². The van der Waals surface area contributed by atoms with Crippen molar-refractivity contribution in [2.75, 3.05) is 44.2 Å². The van der Waals surface area contributed by atoms with Crippen LogP contribution in [0.1, 0.15) is 41.8 Å². The Morgan fingerprint density at radius 2 is 1.58 bits per heavy atom. The minimum Gasteiger partial charge on any atom is -0.449 e. The molecule has 0 unspecified atom stereocenters. The van der Waals surface area contributed by atoms with Crippen molar-refractivity contribution in [3.8, 4) is 0 Å². The topological polar surface area (TPSA) is 87.2 Å². The van der Waals surface area contributed by atoms with Gasteiger partial charge in [0.2, 0.25) is 5.91 Å². The van der Waals surface area contributed by atoms with E-state index in [9.17, 15) is 31.2 Å². The van der Waals surface area contributed by atoms with Crippen LogP contribution in [0.2, 0.25) is 0 Å². The molecule has 0 N–H and O–H groups in total. The van der Waals surface area contributed by atoms with Gasteiger partial charge in [0, 0.05) is 50.4 Å². The summed E-state index contributed by atoms with van der Waals surface area (Å²) >= 11 is 0. The minimum absolute atomic E-state index is 0.103. The molecule has 0 bridgehead atoms. The number of piperazine rings is 1. The van der Waals surface area contributed by atoms with Crippen LogP contribution in [0.3, 0.4) is 0 Å². The van der Waals surface area contributed by atoms with Crippen molar-refractivity contribution < 1.29 is 35.9 Å². The van der Waals surface area contributed by atoms with Crippen LogP contribution < -0.4 is 4.90 Å². The van der Waals surface area contributed by atoms with Crippen LogP contribution in [0.25, 0.3) is 0 Å². The smallest absolute Gasteiger partial charge is 0.449 e. The van der Waals surface area contributed by atoms with Crippen LogP contribution in [0, 0.1) is 0 Å². The molecule has 8 nitrogen and oxygen atoms in total. The van der Waals surface area contributed by atoms with E-state index >= 15 is 0 Å². The van der Waals surface area contributed by atoms with Crippen molar-refractivity contribution in [1.29, 1.82) is 0 Å². The van der Waals surface area contributed by atoms with Gasteiger partial charge < -0.3 is 14.5 Å². The molecule has 0 saturated carbocycles. The van der Waals surface area contributed by atoms with Gasteiger partial charge in [-0.05, 0) is 37.6 Å². The summed E-state index contributed by atoms with van der Waals surface area (Å²) in [7, 11) is -5.34. The summed E-state index contributed by atoms with van der Waals surface area (Å²) in [5, 5.41) is 0. The van der Waals surface area contributed by atoms with Gasteiger partial charge >= 0.3 is 21.5 Å². The zero-order valence-corrected chi connectivity index (χ0v) is 21.8. The Hall–Kier alpha value is -3.12. The van der Waals surface area contributed by atoms with E-state index < -0.39 is 26.5 Å². The summed E-state index contributed by atoms with van der Waals surface area (Å²) in [6, 6.07) is 14.4. The van der Waals surface area contributed by atoms with Gasteiger partial charge in [-0.15, -0.1) is 0 Å². The third kappa shape index (κ3) is 4.23. The Morgan fingerprint density at radius 1 is 0.947 bits per heavy atom. The van der Waals surface area contributed by atoms with E-state index in [1.54, 1.807) is 29.2 Å². The number of hydrogen-bond donors (Lipinski definition) is 0. The Morgan fingerprint density at radius 3 is 2.21 bits per heavy atom. The summed E-state index contributed by atoms with van der Waals surface area (Å²) in [6.07, 6.45) is 0.520. The lowest BCUT2D eigenvalue weighted by Gasteiger charge is -2.36. The third-order valence-electron chi connectivity index (χ3n) is 7.80. The molecule has 2 aromatic carbocycles. The average Bonchev–Trinajstić information content (AvgIpc) is 3.44. The van der Waals surface area contributed by atoms with Gasteiger partial charge in [-0.1, -0.05) is 30.3 Å². The highest BCUT2D eigenvalue weighted by Crippen LogP contribution is 2.44. The van der Waals surface area contributed by atoms with E-state index in [0.717, 1.165) is 16.8 Å². The molecule has 0 radical (unpaired) electrons. The Balaban J connectivity index is 1.26. The molecule has 5 rings (SSSR count). The first kappa shape index (κ1) is 26.5. The highest BCUT2D eigenvalue weighted by Gasteiger charge is 2.52. The zero-order valence-electron chi connectivity index (χ0n) is 21.0. The molecule has 3 aliphatic heterocycles. The molecule has 0 aliphatic carbocycles. The summed E-state index contributed by atoms with van der Waals surface area (Å²) in [5.41, 5.74) is -4.19. The number of amides is 1. The fourth-order valence-electron chi connectivity index (χ4n) is 5.55. The molecule has 2 aromatic rings. The number of likely N-dealkylation sites (tertiary alicyclic amines) is 1.